The summed E-state index contributed by atoms with van der Waals surface area (Å²) >= 11 is 1.83. The Morgan fingerprint density at radius 3 is 3.00 bits per heavy atom. The predicted octanol–water partition coefficient (Wildman–Crippen LogP) is 1.98. The highest BCUT2D eigenvalue weighted by Gasteiger charge is 2.38. The summed E-state index contributed by atoms with van der Waals surface area (Å²) in [5.74, 6) is 0.566. The van der Waals surface area contributed by atoms with Crippen LogP contribution in [-0.2, 0) is 11.2 Å². The van der Waals surface area contributed by atoms with Crippen LogP contribution in [0.5, 0.6) is 0 Å². The molecule has 1 saturated heterocycles. The van der Waals surface area contributed by atoms with Crippen molar-refractivity contribution in [3.05, 3.63) is 22.4 Å². The van der Waals surface area contributed by atoms with Crippen LogP contribution in [0.2, 0.25) is 0 Å². The van der Waals surface area contributed by atoms with Crippen LogP contribution in [0.25, 0.3) is 0 Å². The lowest BCUT2D eigenvalue weighted by Crippen LogP contribution is -2.55. The Labute approximate surface area is 114 Å². The van der Waals surface area contributed by atoms with Crippen molar-refractivity contribution >= 4 is 11.3 Å². The van der Waals surface area contributed by atoms with Crippen LogP contribution in [0, 0.1) is 5.92 Å². The fraction of sp³-hybridized carbons (Fsp3) is 0.714. The maximum Gasteiger partial charge on any atom is 0.0513 e. The van der Waals surface area contributed by atoms with Gasteiger partial charge in [-0.25, -0.2) is 0 Å². The van der Waals surface area contributed by atoms with Crippen molar-refractivity contribution in [3.8, 4) is 0 Å². The van der Waals surface area contributed by atoms with Gasteiger partial charge in [0, 0.05) is 36.0 Å². The van der Waals surface area contributed by atoms with E-state index >= 15 is 0 Å². The Hall–Kier alpha value is -0.420. The zero-order valence-electron chi connectivity index (χ0n) is 11.4. The summed E-state index contributed by atoms with van der Waals surface area (Å²) in [6.07, 6.45) is 2.24. The largest absolute Gasteiger partial charge is 0.381 e. The van der Waals surface area contributed by atoms with E-state index in [0.717, 1.165) is 32.6 Å². The lowest BCUT2D eigenvalue weighted by Gasteiger charge is -2.42. The van der Waals surface area contributed by atoms with Gasteiger partial charge in [-0.15, -0.1) is 11.3 Å². The van der Waals surface area contributed by atoms with Crippen molar-refractivity contribution in [1.29, 1.82) is 0 Å². The average Bonchev–Trinajstić information content (AvgIpc) is 3.07. The van der Waals surface area contributed by atoms with Gasteiger partial charge in [0.25, 0.3) is 0 Å². The Bertz CT molecular complexity index is 349. The summed E-state index contributed by atoms with van der Waals surface area (Å²) < 4.78 is 5.53. The number of hydrogen-bond donors (Lipinski definition) is 1. The Morgan fingerprint density at radius 2 is 2.44 bits per heavy atom. The highest BCUT2D eigenvalue weighted by atomic mass is 32.1. The smallest absolute Gasteiger partial charge is 0.0513 e. The van der Waals surface area contributed by atoms with Gasteiger partial charge in [-0.3, -0.25) is 4.90 Å². The number of ether oxygens (including phenoxy) is 1. The van der Waals surface area contributed by atoms with Crippen molar-refractivity contribution in [2.24, 2.45) is 11.7 Å². The Balaban J connectivity index is 1.93. The molecule has 1 aliphatic rings. The molecular weight excluding hydrogens is 244 g/mol. The molecule has 1 aliphatic heterocycles. The van der Waals surface area contributed by atoms with E-state index in [4.69, 9.17) is 10.5 Å². The highest BCUT2D eigenvalue weighted by molar-refractivity contribution is 7.09. The van der Waals surface area contributed by atoms with E-state index in [1.807, 2.05) is 11.3 Å². The van der Waals surface area contributed by atoms with Crippen LogP contribution in [0.3, 0.4) is 0 Å². The van der Waals surface area contributed by atoms with Gasteiger partial charge in [-0.2, -0.15) is 0 Å². The summed E-state index contributed by atoms with van der Waals surface area (Å²) in [6.45, 7) is 5.78. The van der Waals surface area contributed by atoms with E-state index in [9.17, 15) is 0 Å². The minimum Gasteiger partial charge on any atom is -0.381 e. The monoisotopic (exact) mass is 268 g/mol. The molecule has 4 heteroatoms. The lowest BCUT2D eigenvalue weighted by atomic mass is 9.83. The molecule has 1 aromatic rings. The highest BCUT2D eigenvalue weighted by Crippen LogP contribution is 2.30. The van der Waals surface area contributed by atoms with Crippen LogP contribution >= 0.6 is 11.3 Å². The molecule has 0 aliphatic carbocycles. The van der Waals surface area contributed by atoms with Gasteiger partial charge in [-0.05, 0) is 38.3 Å². The van der Waals surface area contributed by atoms with E-state index in [1.165, 1.54) is 4.88 Å². The number of nitrogens with zero attached hydrogens (tertiary/aromatic N) is 1. The van der Waals surface area contributed by atoms with E-state index in [-0.39, 0.29) is 5.54 Å². The first-order valence-corrected chi connectivity index (χ1v) is 7.56. The summed E-state index contributed by atoms with van der Waals surface area (Å²) in [5, 5.41) is 2.14. The number of likely N-dealkylation sites (N-methyl/N-ethyl adjacent to an activating group) is 1. The Kier molecular flexibility index (Phi) is 4.78. The third-order valence-corrected chi connectivity index (χ3v) is 5.30. The van der Waals surface area contributed by atoms with E-state index < -0.39 is 0 Å². The van der Waals surface area contributed by atoms with Gasteiger partial charge >= 0.3 is 0 Å². The van der Waals surface area contributed by atoms with Crippen LogP contribution in [-0.4, -0.2) is 43.8 Å². The van der Waals surface area contributed by atoms with Gasteiger partial charge in [0.05, 0.1) is 6.61 Å². The third kappa shape index (κ3) is 2.94. The molecule has 3 nitrogen and oxygen atoms in total. The molecule has 2 heterocycles. The molecule has 0 radical (unpaired) electrons. The summed E-state index contributed by atoms with van der Waals surface area (Å²) in [4.78, 5) is 3.87. The summed E-state index contributed by atoms with van der Waals surface area (Å²) in [7, 11) is 2.19. The van der Waals surface area contributed by atoms with E-state index in [2.05, 4.69) is 36.4 Å². The molecule has 2 N–H and O–H groups in total. The van der Waals surface area contributed by atoms with Crippen molar-refractivity contribution in [3.63, 3.8) is 0 Å². The maximum absolute atomic E-state index is 6.04. The molecule has 2 unspecified atom stereocenters. The van der Waals surface area contributed by atoms with Crippen LogP contribution in [0.15, 0.2) is 17.5 Å². The molecule has 0 spiro atoms. The van der Waals surface area contributed by atoms with Crippen LogP contribution in [0.1, 0.15) is 18.2 Å². The predicted molar refractivity (Wildman–Crippen MR) is 77.0 cm³/mol. The second-order valence-corrected chi connectivity index (χ2v) is 6.40. The fourth-order valence-corrected chi connectivity index (χ4v) is 3.35. The minimum absolute atomic E-state index is 0.0633. The standard InChI is InChI=1S/C14H24N2OS/c1-14(11-15,12-6-8-17-10-12)16(2)7-5-13-4-3-9-18-13/h3-4,9,12H,5-8,10-11,15H2,1-2H3. The average molecular weight is 268 g/mol. The molecular formula is C14H24N2OS. The first-order chi connectivity index (χ1) is 8.66. The van der Waals surface area contributed by atoms with Gasteiger partial charge < -0.3 is 10.5 Å². The topological polar surface area (TPSA) is 38.5 Å². The second kappa shape index (κ2) is 6.15. The summed E-state index contributed by atoms with van der Waals surface area (Å²) in [5.41, 5.74) is 6.11. The third-order valence-electron chi connectivity index (χ3n) is 4.37. The van der Waals surface area contributed by atoms with Crippen LogP contribution < -0.4 is 5.73 Å². The zero-order valence-corrected chi connectivity index (χ0v) is 12.2. The molecule has 0 aromatic carbocycles. The van der Waals surface area contributed by atoms with E-state index in [0.29, 0.717) is 12.5 Å². The normalized spacial score (nSPS) is 23.4. The first kappa shape index (κ1) is 14.0. The van der Waals surface area contributed by atoms with Crippen molar-refractivity contribution in [1.82, 2.24) is 4.90 Å². The molecule has 0 saturated carbocycles. The maximum atomic E-state index is 6.04. The molecule has 102 valence electrons. The molecule has 18 heavy (non-hydrogen) atoms. The molecule has 0 amide bonds. The molecule has 2 rings (SSSR count). The molecule has 1 fully saturated rings. The van der Waals surface area contributed by atoms with Gasteiger partial charge in [-0.1, -0.05) is 6.07 Å². The SMILES string of the molecule is CN(CCc1cccs1)C(C)(CN)C1CCOC1. The molecule has 0 bridgehead atoms. The van der Waals surface area contributed by atoms with Crippen LogP contribution in [0.4, 0.5) is 0 Å². The lowest BCUT2D eigenvalue weighted by molar-refractivity contribution is 0.0678. The van der Waals surface area contributed by atoms with Crippen molar-refractivity contribution in [2.75, 3.05) is 33.4 Å². The quantitative estimate of drug-likeness (QED) is 0.857. The fourth-order valence-electron chi connectivity index (χ4n) is 2.65. The van der Waals surface area contributed by atoms with Gasteiger partial charge in [0.2, 0.25) is 0 Å². The van der Waals surface area contributed by atoms with Gasteiger partial charge in [0.15, 0.2) is 0 Å². The molecule has 1 aromatic heterocycles. The number of thiophene rings is 1. The first-order valence-electron chi connectivity index (χ1n) is 6.68. The molecule has 2 atom stereocenters. The van der Waals surface area contributed by atoms with Crippen molar-refractivity contribution < 1.29 is 4.74 Å². The second-order valence-electron chi connectivity index (χ2n) is 5.37. The number of nitrogens with two attached hydrogens (primary N) is 1. The van der Waals surface area contributed by atoms with Crippen molar-refractivity contribution in [2.45, 2.75) is 25.3 Å². The number of rotatable bonds is 6. The Morgan fingerprint density at radius 1 is 1.61 bits per heavy atom. The van der Waals surface area contributed by atoms with E-state index in [1.54, 1.807) is 0 Å². The number of hydrogen-bond acceptors (Lipinski definition) is 4. The summed E-state index contributed by atoms with van der Waals surface area (Å²) in [6, 6.07) is 4.32. The minimum atomic E-state index is 0.0633. The van der Waals surface area contributed by atoms with Gasteiger partial charge in [0.1, 0.15) is 0 Å². The zero-order chi connectivity index (χ0) is 13.0.